The molecule has 31 heavy (non-hydrogen) atoms. The Kier molecular flexibility index (Phi) is 8.46. The molecule has 0 aliphatic heterocycles. The van der Waals surface area contributed by atoms with E-state index in [1.807, 2.05) is 0 Å². The Morgan fingerprint density at radius 3 is 2.52 bits per heavy atom. The molecule has 0 radical (unpaired) electrons. The molecule has 0 amide bonds. The lowest BCUT2D eigenvalue weighted by molar-refractivity contribution is -0.274. The van der Waals surface area contributed by atoms with Crippen molar-refractivity contribution in [2.24, 2.45) is 5.16 Å². The molecule has 0 aliphatic carbocycles. The first-order chi connectivity index (χ1) is 14.7. The summed E-state index contributed by atoms with van der Waals surface area (Å²) in [5.74, 6) is 3.31. The molecule has 1 atom stereocenters. The van der Waals surface area contributed by atoms with Gasteiger partial charge < -0.3 is 19.4 Å². The van der Waals surface area contributed by atoms with E-state index in [0.717, 1.165) is 6.07 Å². The molecule has 0 fully saturated rings. The quantitative estimate of drug-likeness (QED) is 0.310. The molecule has 1 unspecified atom stereocenters. The highest BCUT2D eigenvalue weighted by molar-refractivity contribution is 5.98. The summed E-state index contributed by atoms with van der Waals surface area (Å²) in [6.45, 7) is 1.07. The largest absolute Gasteiger partial charge is 0.573 e. The summed E-state index contributed by atoms with van der Waals surface area (Å²) in [6, 6.07) is 12.3. The highest BCUT2D eigenvalue weighted by Gasteiger charge is 2.31. The van der Waals surface area contributed by atoms with Gasteiger partial charge in [0.2, 0.25) is 0 Å². The number of rotatable bonds is 7. The number of carbonyl (C=O) groups is 1. The van der Waals surface area contributed by atoms with Gasteiger partial charge in [0.1, 0.15) is 24.0 Å². The fourth-order valence-corrected chi connectivity index (χ4v) is 2.61. The Morgan fingerprint density at radius 2 is 1.84 bits per heavy atom. The van der Waals surface area contributed by atoms with Crippen molar-refractivity contribution >= 4 is 11.7 Å². The van der Waals surface area contributed by atoms with Crippen LogP contribution in [-0.4, -0.2) is 36.9 Å². The van der Waals surface area contributed by atoms with E-state index in [1.54, 1.807) is 24.3 Å². The number of carbonyl (C=O) groups excluding carboxylic acids is 1. The molecular weight excluding hydrogens is 415 g/mol. The summed E-state index contributed by atoms with van der Waals surface area (Å²) >= 11 is 0. The van der Waals surface area contributed by atoms with Crippen molar-refractivity contribution in [2.45, 2.75) is 25.8 Å². The first-order valence-corrected chi connectivity index (χ1v) is 9.05. The van der Waals surface area contributed by atoms with Crippen LogP contribution in [0.15, 0.2) is 53.7 Å². The SMILES string of the molecule is COC(=O)C(CO)c1ccccc1CO/N=C(\C)C#Cc1ccccc1OC(F)(F)F. The minimum absolute atomic E-state index is 0.0174. The minimum Gasteiger partial charge on any atom is -0.468 e. The van der Waals surface area contributed by atoms with Crippen LogP contribution in [0.3, 0.4) is 0 Å². The Balaban J connectivity index is 2.11. The monoisotopic (exact) mass is 435 g/mol. The number of para-hydroxylation sites is 1. The minimum atomic E-state index is -4.83. The van der Waals surface area contributed by atoms with Crippen molar-refractivity contribution in [3.05, 3.63) is 65.2 Å². The van der Waals surface area contributed by atoms with E-state index in [9.17, 15) is 23.1 Å². The molecule has 0 saturated heterocycles. The van der Waals surface area contributed by atoms with E-state index in [4.69, 9.17) is 9.57 Å². The number of aliphatic hydroxyl groups excluding tert-OH is 1. The van der Waals surface area contributed by atoms with Crippen LogP contribution in [0.4, 0.5) is 13.2 Å². The normalized spacial score (nSPS) is 12.4. The zero-order valence-corrected chi connectivity index (χ0v) is 16.8. The fourth-order valence-electron chi connectivity index (χ4n) is 2.61. The molecule has 0 heterocycles. The van der Waals surface area contributed by atoms with E-state index in [2.05, 4.69) is 21.7 Å². The molecule has 2 aromatic rings. The first kappa shape index (κ1) is 23.8. The van der Waals surface area contributed by atoms with Crippen molar-refractivity contribution in [3.63, 3.8) is 0 Å². The van der Waals surface area contributed by atoms with Crippen LogP contribution in [-0.2, 0) is 21.0 Å². The Labute approximate surface area is 177 Å². The van der Waals surface area contributed by atoms with Crippen LogP contribution in [0, 0.1) is 11.8 Å². The summed E-state index contributed by atoms with van der Waals surface area (Å²) in [6.07, 6.45) is -4.83. The highest BCUT2D eigenvalue weighted by atomic mass is 19.4. The number of benzene rings is 2. The molecule has 0 bridgehead atoms. The molecule has 1 N–H and O–H groups in total. The number of methoxy groups -OCH3 is 1. The third-order valence-corrected chi connectivity index (χ3v) is 4.01. The molecule has 0 aliphatic rings. The first-order valence-electron chi connectivity index (χ1n) is 9.05. The molecule has 2 aromatic carbocycles. The average molecular weight is 435 g/mol. The summed E-state index contributed by atoms with van der Waals surface area (Å²) in [7, 11) is 1.23. The summed E-state index contributed by atoms with van der Waals surface area (Å²) < 4.78 is 46.1. The van der Waals surface area contributed by atoms with Gasteiger partial charge in [-0.15, -0.1) is 13.2 Å². The maximum absolute atomic E-state index is 12.5. The second-order valence-electron chi connectivity index (χ2n) is 6.20. The molecule has 0 spiro atoms. The maximum atomic E-state index is 12.5. The highest BCUT2D eigenvalue weighted by Crippen LogP contribution is 2.25. The number of ether oxygens (including phenoxy) is 2. The fraction of sp³-hybridized carbons (Fsp3) is 0.273. The van der Waals surface area contributed by atoms with E-state index in [-0.39, 0.29) is 17.9 Å². The van der Waals surface area contributed by atoms with Crippen molar-refractivity contribution in [1.29, 1.82) is 0 Å². The van der Waals surface area contributed by atoms with Gasteiger partial charge in [0, 0.05) is 0 Å². The van der Waals surface area contributed by atoms with Gasteiger partial charge in [-0.05, 0) is 36.1 Å². The number of esters is 1. The zero-order valence-electron chi connectivity index (χ0n) is 16.8. The molecule has 9 heteroatoms. The van der Waals surface area contributed by atoms with E-state index >= 15 is 0 Å². The molecule has 0 saturated carbocycles. The second-order valence-corrected chi connectivity index (χ2v) is 6.20. The zero-order chi connectivity index (χ0) is 22.9. The Morgan fingerprint density at radius 1 is 1.16 bits per heavy atom. The predicted molar refractivity (Wildman–Crippen MR) is 106 cm³/mol. The van der Waals surface area contributed by atoms with E-state index in [1.165, 1.54) is 32.2 Å². The van der Waals surface area contributed by atoms with Gasteiger partial charge in [0.05, 0.1) is 19.3 Å². The van der Waals surface area contributed by atoms with Gasteiger partial charge >= 0.3 is 12.3 Å². The maximum Gasteiger partial charge on any atom is 0.573 e. The molecular formula is C22H20F3NO5. The number of nitrogens with zero attached hydrogens (tertiary/aromatic N) is 1. The van der Waals surface area contributed by atoms with Gasteiger partial charge in [0.25, 0.3) is 0 Å². The van der Waals surface area contributed by atoms with Crippen LogP contribution in [0.2, 0.25) is 0 Å². The third kappa shape index (κ3) is 7.35. The van der Waals surface area contributed by atoms with E-state index in [0.29, 0.717) is 11.1 Å². The summed E-state index contributed by atoms with van der Waals surface area (Å²) in [5.41, 5.74) is 1.41. The molecule has 2 rings (SSSR count). The lowest BCUT2D eigenvalue weighted by atomic mass is 9.95. The van der Waals surface area contributed by atoms with Crippen LogP contribution >= 0.6 is 0 Å². The smallest absolute Gasteiger partial charge is 0.468 e. The molecule has 6 nitrogen and oxygen atoms in total. The summed E-state index contributed by atoms with van der Waals surface area (Å²) in [4.78, 5) is 17.1. The van der Waals surface area contributed by atoms with Crippen LogP contribution in [0.25, 0.3) is 0 Å². The van der Waals surface area contributed by atoms with Crippen LogP contribution in [0.5, 0.6) is 5.75 Å². The van der Waals surface area contributed by atoms with Crippen molar-refractivity contribution < 1.29 is 37.4 Å². The van der Waals surface area contributed by atoms with Crippen molar-refractivity contribution in [3.8, 4) is 17.6 Å². The van der Waals surface area contributed by atoms with Crippen molar-refractivity contribution in [2.75, 3.05) is 13.7 Å². The van der Waals surface area contributed by atoms with Gasteiger partial charge in [-0.2, -0.15) is 0 Å². The van der Waals surface area contributed by atoms with Crippen molar-refractivity contribution in [1.82, 2.24) is 0 Å². The third-order valence-electron chi connectivity index (χ3n) is 4.01. The van der Waals surface area contributed by atoms with Crippen LogP contribution < -0.4 is 4.74 Å². The predicted octanol–water partition coefficient (Wildman–Crippen LogP) is 3.78. The summed E-state index contributed by atoms with van der Waals surface area (Å²) in [5, 5.41) is 13.4. The number of aliphatic hydroxyl groups is 1. The van der Waals surface area contributed by atoms with Gasteiger partial charge in [-0.25, -0.2) is 0 Å². The molecule has 164 valence electrons. The number of hydrogen-bond acceptors (Lipinski definition) is 6. The Hall–Kier alpha value is -3.51. The van der Waals surface area contributed by atoms with Gasteiger partial charge in [0.15, 0.2) is 0 Å². The topological polar surface area (TPSA) is 77.4 Å². The van der Waals surface area contributed by atoms with Crippen LogP contribution in [0.1, 0.15) is 29.5 Å². The average Bonchev–Trinajstić information content (AvgIpc) is 2.73. The number of hydrogen-bond donors (Lipinski definition) is 1. The Bertz CT molecular complexity index is 992. The lowest BCUT2D eigenvalue weighted by Crippen LogP contribution is -2.19. The van der Waals surface area contributed by atoms with Gasteiger partial charge in [-0.3, -0.25) is 4.79 Å². The number of halogens is 3. The standard InChI is InChI=1S/C22H20F3NO5/c1-15(11-12-16-7-4-6-10-20(16)31-22(23,24)25)26-30-14-17-8-3-5-9-18(17)19(13-27)21(28)29-2/h3-10,19,27H,13-14H2,1-2H3/b26-15+. The molecule has 0 aromatic heterocycles. The lowest BCUT2D eigenvalue weighted by Gasteiger charge is -2.15. The number of oxime groups is 1. The van der Waals surface area contributed by atoms with E-state index < -0.39 is 30.6 Å². The second kappa shape index (κ2) is 11.0. The van der Waals surface area contributed by atoms with Gasteiger partial charge in [-0.1, -0.05) is 47.5 Å². The number of alkyl halides is 3.